The minimum Gasteiger partial charge on any atom is -0.325 e. The Morgan fingerprint density at radius 1 is 1.12 bits per heavy atom. The SMILES string of the molecule is CCc1ccc(N2C(=O)C[C@H](SCC(=O)Nc3ccccc3)C2=O)cc1. The molecule has 0 bridgehead atoms. The molecule has 6 heteroatoms. The molecule has 0 unspecified atom stereocenters. The first-order valence-electron chi connectivity index (χ1n) is 8.50. The van der Waals surface area contributed by atoms with Crippen molar-refractivity contribution in [2.24, 2.45) is 0 Å². The number of benzene rings is 2. The molecule has 1 aliphatic rings. The number of thioether (sulfide) groups is 1. The summed E-state index contributed by atoms with van der Waals surface area (Å²) in [5.74, 6) is -0.537. The highest BCUT2D eigenvalue weighted by molar-refractivity contribution is 8.01. The van der Waals surface area contributed by atoms with Crippen LogP contribution in [0.4, 0.5) is 11.4 Å². The van der Waals surface area contributed by atoms with Crippen LogP contribution in [0.15, 0.2) is 54.6 Å². The maximum atomic E-state index is 12.6. The molecule has 0 saturated carbocycles. The first-order chi connectivity index (χ1) is 12.6. The second kappa shape index (κ2) is 8.19. The molecular weight excluding hydrogens is 348 g/mol. The highest BCUT2D eigenvalue weighted by Crippen LogP contribution is 2.30. The number of aryl methyl sites for hydroxylation is 1. The third kappa shape index (κ3) is 4.14. The molecule has 0 aromatic heterocycles. The number of hydrogen-bond acceptors (Lipinski definition) is 4. The van der Waals surface area contributed by atoms with E-state index in [9.17, 15) is 14.4 Å². The summed E-state index contributed by atoms with van der Waals surface area (Å²) in [6.07, 6.45) is 1.02. The topological polar surface area (TPSA) is 66.5 Å². The first-order valence-corrected chi connectivity index (χ1v) is 9.55. The highest BCUT2D eigenvalue weighted by Gasteiger charge is 2.40. The van der Waals surface area contributed by atoms with Gasteiger partial charge in [-0.25, -0.2) is 4.90 Å². The van der Waals surface area contributed by atoms with Crippen LogP contribution in [0, 0.1) is 0 Å². The van der Waals surface area contributed by atoms with E-state index >= 15 is 0 Å². The molecule has 5 nitrogen and oxygen atoms in total. The van der Waals surface area contributed by atoms with Crippen molar-refractivity contribution in [1.82, 2.24) is 0 Å². The van der Waals surface area contributed by atoms with Gasteiger partial charge in [-0.1, -0.05) is 37.3 Å². The summed E-state index contributed by atoms with van der Waals surface area (Å²) in [6.45, 7) is 2.05. The molecule has 1 saturated heterocycles. The van der Waals surface area contributed by atoms with E-state index in [1.165, 1.54) is 16.7 Å². The minimum absolute atomic E-state index is 0.123. The van der Waals surface area contributed by atoms with E-state index in [-0.39, 0.29) is 29.9 Å². The lowest BCUT2D eigenvalue weighted by atomic mass is 10.1. The number of anilines is 2. The van der Waals surface area contributed by atoms with Crippen LogP contribution in [0.1, 0.15) is 18.9 Å². The number of nitrogens with one attached hydrogen (secondary N) is 1. The Kier molecular flexibility index (Phi) is 5.73. The van der Waals surface area contributed by atoms with E-state index in [1.807, 2.05) is 37.3 Å². The Bertz CT molecular complexity index is 806. The zero-order valence-corrected chi connectivity index (χ0v) is 15.3. The Hall–Kier alpha value is -2.60. The predicted octanol–water partition coefficient (Wildman–Crippen LogP) is 3.25. The van der Waals surface area contributed by atoms with Crippen molar-refractivity contribution in [3.05, 3.63) is 60.2 Å². The van der Waals surface area contributed by atoms with E-state index in [0.29, 0.717) is 11.4 Å². The van der Waals surface area contributed by atoms with Crippen LogP contribution in [-0.2, 0) is 20.8 Å². The van der Waals surface area contributed by atoms with Gasteiger partial charge in [-0.3, -0.25) is 14.4 Å². The summed E-state index contributed by atoms with van der Waals surface area (Å²) in [6, 6.07) is 16.6. The second-order valence-electron chi connectivity index (χ2n) is 6.01. The Morgan fingerprint density at radius 3 is 2.46 bits per heavy atom. The maximum Gasteiger partial charge on any atom is 0.247 e. The van der Waals surface area contributed by atoms with Crippen LogP contribution in [0.2, 0.25) is 0 Å². The molecule has 1 N–H and O–H groups in total. The maximum absolute atomic E-state index is 12.6. The van der Waals surface area contributed by atoms with E-state index in [2.05, 4.69) is 5.32 Å². The van der Waals surface area contributed by atoms with Gasteiger partial charge in [0.1, 0.15) is 0 Å². The van der Waals surface area contributed by atoms with E-state index in [1.54, 1.807) is 24.3 Å². The van der Waals surface area contributed by atoms with Crippen LogP contribution in [-0.4, -0.2) is 28.7 Å². The lowest BCUT2D eigenvalue weighted by Gasteiger charge is -2.15. The number of rotatable bonds is 6. The van der Waals surface area contributed by atoms with Crippen molar-refractivity contribution < 1.29 is 14.4 Å². The van der Waals surface area contributed by atoms with Crippen molar-refractivity contribution in [3.8, 4) is 0 Å². The molecule has 3 rings (SSSR count). The van der Waals surface area contributed by atoms with Gasteiger partial charge >= 0.3 is 0 Å². The smallest absolute Gasteiger partial charge is 0.247 e. The van der Waals surface area contributed by atoms with Gasteiger partial charge < -0.3 is 5.32 Å². The number of amides is 3. The molecule has 0 aliphatic carbocycles. The first kappa shape index (κ1) is 18.2. The van der Waals surface area contributed by atoms with Crippen LogP contribution >= 0.6 is 11.8 Å². The third-order valence-corrected chi connectivity index (χ3v) is 5.38. The van der Waals surface area contributed by atoms with Crippen LogP contribution in [0.25, 0.3) is 0 Å². The summed E-state index contributed by atoms with van der Waals surface area (Å²) < 4.78 is 0. The average molecular weight is 368 g/mol. The zero-order chi connectivity index (χ0) is 18.5. The minimum atomic E-state index is -0.519. The van der Waals surface area contributed by atoms with Gasteiger partial charge in [0, 0.05) is 12.1 Å². The van der Waals surface area contributed by atoms with Crippen LogP contribution in [0.5, 0.6) is 0 Å². The predicted molar refractivity (Wildman–Crippen MR) is 104 cm³/mol. The summed E-state index contributed by atoms with van der Waals surface area (Å²) >= 11 is 1.21. The van der Waals surface area contributed by atoms with Gasteiger partial charge in [0.2, 0.25) is 17.7 Å². The van der Waals surface area contributed by atoms with Crippen molar-refractivity contribution in [1.29, 1.82) is 0 Å². The van der Waals surface area contributed by atoms with Crippen LogP contribution < -0.4 is 10.2 Å². The van der Waals surface area contributed by atoms with Crippen molar-refractivity contribution in [2.45, 2.75) is 25.0 Å². The number of hydrogen-bond donors (Lipinski definition) is 1. The molecule has 1 fully saturated rings. The monoisotopic (exact) mass is 368 g/mol. The quantitative estimate of drug-likeness (QED) is 0.795. The van der Waals surface area contributed by atoms with Gasteiger partial charge in [-0.05, 0) is 36.2 Å². The largest absolute Gasteiger partial charge is 0.325 e. The summed E-state index contributed by atoms with van der Waals surface area (Å²) in [4.78, 5) is 38.1. The number of nitrogens with zero attached hydrogens (tertiary/aromatic N) is 1. The fraction of sp³-hybridized carbons (Fsp3) is 0.250. The van der Waals surface area contributed by atoms with Gasteiger partial charge in [0.15, 0.2) is 0 Å². The summed E-state index contributed by atoms with van der Waals surface area (Å²) in [5, 5.41) is 2.26. The lowest BCUT2D eigenvalue weighted by Crippen LogP contribution is -2.31. The molecule has 1 atom stereocenters. The fourth-order valence-corrected chi connectivity index (χ4v) is 3.71. The Morgan fingerprint density at radius 2 is 1.81 bits per heavy atom. The highest BCUT2D eigenvalue weighted by atomic mass is 32.2. The molecule has 0 spiro atoms. The van der Waals surface area contributed by atoms with E-state index in [4.69, 9.17) is 0 Å². The zero-order valence-electron chi connectivity index (χ0n) is 14.5. The average Bonchev–Trinajstić information content (AvgIpc) is 2.94. The van der Waals surface area contributed by atoms with E-state index in [0.717, 1.165) is 12.0 Å². The normalized spacial score (nSPS) is 16.8. The van der Waals surface area contributed by atoms with Gasteiger partial charge in [-0.2, -0.15) is 0 Å². The van der Waals surface area contributed by atoms with Crippen LogP contribution in [0.3, 0.4) is 0 Å². The molecule has 2 aromatic carbocycles. The van der Waals surface area contributed by atoms with Crippen molar-refractivity contribution in [2.75, 3.05) is 16.0 Å². The molecule has 134 valence electrons. The van der Waals surface area contributed by atoms with E-state index < -0.39 is 5.25 Å². The number of imide groups is 1. The van der Waals surface area contributed by atoms with Crippen molar-refractivity contribution >= 4 is 40.9 Å². The van der Waals surface area contributed by atoms with Gasteiger partial charge in [0.05, 0.1) is 16.7 Å². The number of carbonyl (C=O) groups excluding carboxylic acids is 3. The molecule has 26 heavy (non-hydrogen) atoms. The molecule has 2 aromatic rings. The molecule has 3 amide bonds. The number of para-hydroxylation sites is 1. The molecule has 1 heterocycles. The fourth-order valence-electron chi connectivity index (χ4n) is 2.78. The van der Waals surface area contributed by atoms with Gasteiger partial charge in [-0.15, -0.1) is 11.8 Å². The Balaban J connectivity index is 1.59. The molecule has 1 aliphatic heterocycles. The standard InChI is InChI=1S/C20H20N2O3S/c1-2-14-8-10-16(11-9-14)22-19(24)12-17(20(22)25)26-13-18(23)21-15-6-4-3-5-7-15/h3-11,17H,2,12-13H2,1H3,(H,21,23)/t17-/m0/s1. The van der Waals surface area contributed by atoms with Gasteiger partial charge in [0.25, 0.3) is 0 Å². The molecule has 0 radical (unpaired) electrons. The third-order valence-electron chi connectivity index (χ3n) is 4.18. The summed E-state index contributed by atoms with van der Waals surface area (Å²) in [7, 11) is 0. The van der Waals surface area contributed by atoms with Crippen molar-refractivity contribution in [3.63, 3.8) is 0 Å². The number of carbonyl (C=O) groups is 3. The second-order valence-corrected chi connectivity index (χ2v) is 7.20. The summed E-state index contributed by atoms with van der Waals surface area (Å²) in [5.41, 5.74) is 2.45. The Labute approximate surface area is 156 Å². The molecular formula is C20H20N2O3S. The lowest BCUT2D eigenvalue weighted by molar-refractivity contribution is -0.121.